The first-order valence-corrected chi connectivity index (χ1v) is 7.80. The normalized spacial score (nSPS) is 12.9. The van der Waals surface area contributed by atoms with E-state index in [0.29, 0.717) is 35.3 Å². The molecule has 1 amide bonds. The van der Waals surface area contributed by atoms with Crippen LogP contribution in [0.25, 0.3) is 0 Å². The van der Waals surface area contributed by atoms with Crippen LogP contribution in [-0.4, -0.2) is 31.9 Å². The second-order valence-corrected chi connectivity index (χ2v) is 5.45. The van der Waals surface area contributed by atoms with E-state index in [9.17, 15) is 4.79 Å². The molecule has 0 atom stereocenters. The molecule has 0 bridgehead atoms. The SMILES string of the molecule is O=C(CNc1ccccc1)N/N=C\c1cc(Cl)c2c(c1)OCCO2. The smallest absolute Gasteiger partial charge is 0.259 e. The molecule has 1 aliphatic heterocycles. The monoisotopic (exact) mass is 345 g/mol. The van der Waals surface area contributed by atoms with Gasteiger partial charge >= 0.3 is 0 Å². The minimum Gasteiger partial charge on any atom is -0.486 e. The van der Waals surface area contributed by atoms with Gasteiger partial charge in [0, 0.05) is 5.69 Å². The number of amides is 1. The van der Waals surface area contributed by atoms with Gasteiger partial charge < -0.3 is 14.8 Å². The number of rotatable bonds is 5. The Hall–Kier alpha value is -2.73. The van der Waals surface area contributed by atoms with E-state index in [1.165, 1.54) is 6.21 Å². The molecule has 2 N–H and O–H groups in total. The van der Waals surface area contributed by atoms with Crippen LogP contribution in [0.5, 0.6) is 11.5 Å². The predicted molar refractivity (Wildman–Crippen MR) is 93.1 cm³/mol. The summed E-state index contributed by atoms with van der Waals surface area (Å²) in [5.41, 5.74) is 4.03. The van der Waals surface area contributed by atoms with E-state index in [1.54, 1.807) is 12.1 Å². The molecule has 2 aromatic carbocycles. The van der Waals surface area contributed by atoms with E-state index in [-0.39, 0.29) is 12.5 Å². The van der Waals surface area contributed by atoms with E-state index in [0.717, 1.165) is 5.69 Å². The lowest BCUT2D eigenvalue weighted by molar-refractivity contribution is -0.119. The van der Waals surface area contributed by atoms with E-state index in [1.807, 2.05) is 30.3 Å². The van der Waals surface area contributed by atoms with Crippen LogP contribution in [0.15, 0.2) is 47.6 Å². The molecular formula is C17H16ClN3O3. The van der Waals surface area contributed by atoms with Crippen molar-refractivity contribution >= 4 is 29.4 Å². The van der Waals surface area contributed by atoms with Crippen LogP contribution in [0.2, 0.25) is 5.02 Å². The molecule has 24 heavy (non-hydrogen) atoms. The van der Waals surface area contributed by atoms with E-state index >= 15 is 0 Å². The molecule has 0 spiro atoms. The number of carbonyl (C=O) groups excluding carboxylic acids is 1. The number of nitrogens with one attached hydrogen (secondary N) is 2. The van der Waals surface area contributed by atoms with Gasteiger partial charge in [0.2, 0.25) is 0 Å². The highest BCUT2D eigenvalue weighted by Gasteiger charge is 2.16. The summed E-state index contributed by atoms with van der Waals surface area (Å²) in [5, 5.41) is 7.37. The number of para-hydroxylation sites is 1. The van der Waals surface area contributed by atoms with E-state index in [4.69, 9.17) is 21.1 Å². The zero-order valence-corrected chi connectivity index (χ0v) is 13.5. The summed E-state index contributed by atoms with van der Waals surface area (Å²) in [6, 6.07) is 12.9. The van der Waals surface area contributed by atoms with Gasteiger partial charge in [0.15, 0.2) is 11.5 Å². The molecule has 0 radical (unpaired) electrons. The summed E-state index contributed by atoms with van der Waals surface area (Å²) < 4.78 is 10.9. The maximum absolute atomic E-state index is 11.7. The summed E-state index contributed by atoms with van der Waals surface area (Å²) in [6.07, 6.45) is 1.50. The minimum atomic E-state index is -0.251. The third-order valence-electron chi connectivity index (χ3n) is 3.25. The maximum Gasteiger partial charge on any atom is 0.259 e. The molecule has 2 aromatic rings. The van der Waals surface area contributed by atoms with Gasteiger partial charge in [-0.3, -0.25) is 4.79 Å². The van der Waals surface area contributed by atoms with E-state index in [2.05, 4.69) is 15.8 Å². The van der Waals surface area contributed by atoms with Crippen LogP contribution in [0.4, 0.5) is 5.69 Å². The molecule has 3 rings (SSSR count). The van der Waals surface area contributed by atoms with Gasteiger partial charge in [-0.15, -0.1) is 0 Å². The van der Waals surface area contributed by atoms with Gasteiger partial charge in [-0.2, -0.15) is 5.10 Å². The molecular weight excluding hydrogens is 330 g/mol. The molecule has 0 aromatic heterocycles. The largest absolute Gasteiger partial charge is 0.486 e. The Labute approximate surface area is 144 Å². The Balaban J connectivity index is 1.54. The van der Waals surface area contributed by atoms with Gasteiger partial charge in [0.25, 0.3) is 5.91 Å². The molecule has 0 saturated heterocycles. The van der Waals surface area contributed by atoms with Gasteiger partial charge in [0.05, 0.1) is 17.8 Å². The van der Waals surface area contributed by atoms with Crippen LogP contribution in [0.3, 0.4) is 0 Å². The third kappa shape index (κ3) is 4.17. The summed E-state index contributed by atoms with van der Waals surface area (Å²) >= 11 is 6.14. The lowest BCUT2D eigenvalue weighted by atomic mass is 10.2. The second-order valence-electron chi connectivity index (χ2n) is 5.04. The highest BCUT2D eigenvalue weighted by Crippen LogP contribution is 2.37. The van der Waals surface area contributed by atoms with Crippen LogP contribution in [0.1, 0.15) is 5.56 Å². The molecule has 0 saturated carbocycles. The quantitative estimate of drug-likeness (QED) is 0.645. The molecule has 0 unspecified atom stereocenters. The summed E-state index contributed by atoms with van der Waals surface area (Å²) in [7, 11) is 0. The van der Waals surface area contributed by atoms with E-state index < -0.39 is 0 Å². The molecule has 124 valence electrons. The Morgan fingerprint density at radius 3 is 2.83 bits per heavy atom. The number of anilines is 1. The van der Waals surface area contributed by atoms with Crippen molar-refractivity contribution in [1.82, 2.24) is 5.43 Å². The van der Waals surface area contributed by atoms with Crippen LogP contribution >= 0.6 is 11.6 Å². The Morgan fingerprint density at radius 1 is 1.21 bits per heavy atom. The van der Waals surface area contributed by atoms with Gasteiger partial charge in [-0.1, -0.05) is 29.8 Å². The topological polar surface area (TPSA) is 72.0 Å². The fraction of sp³-hybridized carbons (Fsp3) is 0.176. The number of halogens is 1. The Kier molecular flexibility index (Phi) is 5.18. The van der Waals surface area contributed by atoms with Crippen LogP contribution < -0.4 is 20.2 Å². The number of carbonyl (C=O) groups is 1. The number of nitrogens with zero attached hydrogens (tertiary/aromatic N) is 1. The first kappa shape index (κ1) is 16.1. The minimum absolute atomic E-state index is 0.128. The highest BCUT2D eigenvalue weighted by atomic mass is 35.5. The third-order valence-corrected chi connectivity index (χ3v) is 3.53. The second kappa shape index (κ2) is 7.70. The average Bonchev–Trinajstić information content (AvgIpc) is 2.61. The summed E-state index contributed by atoms with van der Waals surface area (Å²) in [4.78, 5) is 11.7. The molecule has 1 aliphatic rings. The van der Waals surface area contributed by atoms with Gasteiger partial charge in [0.1, 0.15) is 13.2 Å². The van der Waals surface area contributed by atoms with Crippen molar-refractivity contribution in [2.45, 2.75) is 0 Å². The van der Waals surface area contributed by atoms with Gasteiger partial charge in [-0.25, -0.2) is 5.43 Å². The number of ether oxygens (including phenoxy) is 2. The van der Waals surface area contributed by atoms with Crippen LogP contribution in [-0.2, 0) is 4.79 Å². The van der Waals surface area contributed by atoms with Crippen molar-refractivity contribution < 1.29 is 14.3 Å². The standard InChI is InChI=1S/C17H16ClN3O3/c18-14-8-12(9-15-17(14)24-7-6-23-15)10-20-21-16(22)11-19-13-4-2-1-3-5-13/h1-5,8-10,19H,6-7,11H2,(H,21,22)/b20-10-. The average molecular weight is 346 g/mol. The predicted octanol–water partition coefficient (Wildman–Crippen LogP) is 2.67. The first-order chi connectivity index (χ1) is 11.7. The molecule has 1 heterocycles. The van der Waals surface area contributed by atoms with Crippen molar-refractivity contribution in [3.05, 3.63) is 53.1 Å². The zero-order valence-electron chi connectivity index (χ0n) is 12.8. The Morgan fingerprint density at radius 2 is 2.00 bits per heavy atom. The molecule has 0 fully saturated rings. The van der Waals surface area contributed by atoms with Crippen molar-refractivity contribution in [3.63, 3.8) is 0 Å². The molecule has 0 aliphatic carbocycles. The van der Waals surface area contributed by atoms with Crippen molar-refractivity contribution in [2.75, 3.05) is 25.1 Å². The maximum atomic E-state index is 11.7. The van der Waals surface area contributed by atoms with Crippen molar-refractivity contribution in [3.8, 4) is 11.5 Å². The fourth-order valence-electron chi connectivity index (χ4n) is 2.16. The lowest BCUT2D eigenvalue weighted by Crippen LogP contribution is -2.25. The van der Waals surface area contributed by atoms with Crippen molar-refractivity contribution in [2.24, 2.45) is 5.10 Å². The molecule has 7 heteroatoms. The number of hydrogen-bond acceptors (Lipinski definition) is 5. The lowest BCUT2D eigenvalue weighted by Gasteiger charge is -2.19. The zero-order chi connectivity index (χ0) is 16.8. The summed E-state index contributed by atoms with van der Waals surface area (Å²) in [6.45, 7) is 1.08. The highest BCUT2D eigenvalue weighted by molar-refractivity contribution is 6.32. The molecule has 6 nitrogen and oxygen atoms in total. The Bertz CT molecular complexity index is 750. The van der Waals surface area contributed by atoms with Gasteiger partial charge in [-0.05, 0) is 29.8 Å². The number of benzene rings is 2. The van der Waals surface area contributed by atoms with Crippen molar-refractivity contribution in [1.29, 1.82) is 0 Å². The fourth-order valence-corrected chi connectivity index (χ4v) is 2.44. The number of fused-ring (bicyclic) bond motifs is 1. The first-order valence-electron chi connectivity index (χ1n) is 7.42. The number of hydrazone groups is 1. The van der Waals surface area contributed by atoms with Crippen LogP contribution in [0, 0.1) is 0 Å². The summed E-state index contributed by atoms with van der Waals surface area (Å²) in [5.74, 6) is 0.863. The number of hydrogen-bond donors (Lipinski definition) is 2.